The number of rotatable bonds is 5. The number of hydrogen-bond acceptors (Lipinski definition) is 3. The lowest BCUT2D eigenvalue weighted by molar-refractivity contribution is 0.277. The molecule has 0 atom stereocenters. The van der Waals surface area contributed by atoms with Crippen molar-refractivity contribution in [3.8, 4) is 11.5 Å². The van der Waals surface area contributed by atoms with Crippen LogP contribution in [0.4, 0.5) is 0 Å². The molecule has 0 saturated heterocycles. The highest BCUT2D eigenvalue weighted by Gasteiger charge is 2.01. The van der Waals surface area contributed by atoms with E-state index in [1.165, 1.54) is 0 Å². The Morgan fingerprint density at radius 1 is 1.00 bits per heavy atom. The average molecular weight is 196 g/mol. The van der Waals surface area contributed by atoms with Crippen LogP contribution in [0.25, 0.3) is 0 Å². The molecule has 0 aliphatic heterocycles. The van der Waals surface area contributed by atoms with Crippen molar-refractivity contribution < 1.29 is 14.6 Å². The quantitative estimate of drug-likeness (QED) is 0.782. The molecule has 1 rings (SSSR count). The molecule has 0 bridgehead atoms. The minimum atomic E-state index is 0.000981. The van der Waals surface area contributed by atoms with Crippen molar-refractivity contribution in [2.45, 2.75) is 20.5 Å². The first-order valence-corrected chi connectivity index (χ1v) is 4.80. The molecule has 0 spiro atoms. The minimum Gasteiger partial charge on any atom is -0.494 e. The summed E-state index contributed by atoms with van der Waals surface area (Å²) in [5, 5.41) is 9.01. The minimum absolute atomic E-state index is 0.000981. The second kappa shape index (κ2) is 5.50. The van der Waals surface area contributed by atoms with Gasteiger partial charge in [-0.15, -0.1) is 0 Å². The molecule has 0 aliphatic rings. The summed E-state index contributed by atoms with van der Waals surface area (Å²) < 4.78 is 10.7. The Hall–Kier alpha value is -1.22. The van der Waals surface area contributed by atoms with Crippen LogP contribution in [-0.2, 0) is 6.61 Å². The molecule has 3 nitrogen and oxygen atoms in total. The highest BCUT2D eigenvalue weighted by Crippen LogP contribution is 2.23. The first kappa shape index (κ1) is 10.9. The first-order chi connectivity index (χ1) is 6.80. The van der Waals surface area contributed by atoms with Gasteiger partial charge in [-0.3, -0.25) is 0 Å². The van der Waals surface area contributed by atoms with Crippen molar-refractivity contribution in [1.82, 2.24) is 0 Å². The monoisotopic (exact) mass is 196 g/mol. The smallest absolute Gasteiger partial charge is 0.123 e. The third-order valence-electron chi connectivity index (χ3n) is 1.74. The fraction of sp³-hybridized carbons (Fsp3) is 0.455. The van der Waals surface area contributed by atoms with Crippen LogP contribution in [0.3, 0.4) is 0 Å². The molecule has 0 aliphatic carbocycles. The summed E-state index contributed by atoms with van der Waals surface area (Å²) in [4.78, 5) is 0. The van der Waals surface area contributed by atoms with Gasteiger partial charge in [0.15, 0.2) is 0 Å². The van der Waals surface area contributed by atoms with E-state index in [-0.39, 0.29) is 6.61 Å². The fourth-order valence-electron chi connectivity index (χ4n) is 1.22. The third-order valence-corrected chi connectivity index (χ3v) is 1.74. The average Bonchev–Trinajstić information content (AvgIpc) is 2.18. The normalized spacial score (nSPS) is 9.93. The van der Waals surface area contributed by atoms with E-state index in [1.54, 1.807) is 0 Å². The maximum atomic E-state index is 9.01. The topological polar surface area (TPSA) is 38.7 Å². The lowest BCUT2D eigenvalue weighted by Crippen LogP contribution is -1.97. The van der Waals surface area contributed by atoms with E-state index in [1.807, 2.05) is 32.0 Å². The largest absolute Gasteiger partial charge is 0.494 e. The van der Waals surface area contributed by atoms with E-state index in [0.717, 1.165) is 17.1 Å². The van der Waals surface area contributed by atoms with Gasteiger partial charge < -0.3 is 14.6 Å². The predicted molar refractivity (Wildman–Crippen MR) is 54.7 cm³/mol. The summed E-state index contributed by atoms with van der Waals surface area (Å²) in [6, 6.07) is 5.45. The summed E-state index contributed by atoms with van der Waals surface area (Å²) in [5.74, 6) is 1.48. The summed E-state index contributed by atoms with van der Waals surface area (Å²) >= 11 is 0. The lowest BCUT2D eigenvalue weighted by atomic mass is 10.2. The zero-order chi connectivity index (χ0) is 10.4. The Kier molecular flexibility index (Phi) is 4.26. The molecule has 0 aromatic heterocycles. The molecule has 1 aromatic carbocycles. The van der Waals surface area contributed by atoms with Gasteiger partial charge in [0, 0.05) is 6.07 Å². The summed E-state index contributed by atoms with van der Waals surface area (Å²) in [7, 11) is 0. The molecule has 1 aromatic rings. The van der Waals surface area contributed by atoms with Crippen LogP contribution >= 0.6 is 0 Å². The molecule has 0 fully saturated rings. The molecule has 0 radical (unpaired) electrons. The molecule has 0 unspecified atom stereocenters. The molecule has 3 heteroatoms. The van der Waals surface area contributed by atoms with Gasteiger partial charge in [-0.25, -0.2) is 0 Å². The van der Waals surface area contributed by atoms with Crippen LogP contribution in [0.15, 0.2) is 18.2 Å². The second-order valence-electron chi connectivity index (χ2n) is 2.84. The van der Waals surface area contributed by atoms with Gasteiger partial charge in [-0.1, -0.05) is 0 Å². The maximum Gasteiger partial charge on any atom is 0.123 e. The zero-order valence-corrected chi connectivity index (χ0v) is 8.62. The summed E-state index contributed by atoms with van der Waals surface area (Å²) in [5.41, 5.74) is 0.805. The molecule has 0 saturated carbocycles. The van der Waals surface area contributed by atoms with Gasteiger partial charge >= 0.3 is 0 Å². The Balaban J connectivity index is 2.88. The summed E-state index contributed by atoms with van der Waals surface area (Å²) in [6.07, 6.45) is 0. The zero-order valence-electron chi connectivity index (χ0n) is 8.62. The van der Waals surface area contributed by atoms with E-state index < -0.39 is 0 Å². The van der Waals surface area contributed by atoms with E-state index >= 15 is 0 Å². The standard InChI is InChI=1S/C11H16O3/c1-3-13-10-5-9(8-12)6-11(7-10)14-4-2/h5-7,12H,3-4,8H2,1-2H3. The highest BCUT2D eigenvalue weighted by molar-refractivity contribution is 5.38. The summed E-state index contributed by atoms with van der Waals surface area (Å²) in [6.45, 7) is 5.07. The van der Waals surface area contributed by atoms with Gasteiger partial charge in [-0.2, -0.15) is 0 Å². The van der Waals surface area contributed by atoms with Crippen LogP contribution in [0, 0.1) is 0 Å². The van der Waals surface area contributed by atoms with Gasteiger partial charge in [-0.05, 0) is 31.5 Å². The molecular formula is C11H16O3. The van der Waals surface area contributed by atoms with Crippen molar-refractivity contribution in [3.63, 3.8) is 0 Å². The van der Waals surface area contributed by atoms with Gasteiger partial charge in [0.25, 0.3) is 0 Å². The van der Waals surface area contributed by atoms with Crippen molar-refractivity contribution in [2.24, 2.45) is 0 Å². The van der Waals surface area contributed by atoms with Crippen LogP contribution in [-0.4, -0.2) is 18.3 Å². The van der Waals surface area contributed by atoms with E-state index in [2.05, 4.69) is 0 Å². The van der Waals surface area contributed by atoms with Crippen LogP contribution in [0.1, 0.15) is 19.4 Å². The number of aliphatic hydroxyl groups is 1. The van der Waals surface area contributed by atoms with Gasteiger partial charge in [0.1, 0.15) is 11.5 Å². The predicted octanol–water partition coefficient (Wildman–Crippen LogP) is 1.98. The molecule has 0 amide bonds. The molecule has 14 heavy (non-hydrogen) atoms. The van der Waals surface area contributed by atoms with Gasteiger partial charge in [0.2, 0.25) is 0 Å². The lowest BCUT2D eigenvalue weighted by Gasteiger charge is -2.09. The fourth-order valence-corrected chi connectivity index (χ4v) is 1.22. The second-order valence-corrected chi connectivity index (χ2v) is 2.84. The number of benzene rings is 1. The Labute approximate surface area is 84.3 Å². The molecule has 78 valence electrons. The molecular weight excluding hydrogens is 180 g/mol. The molecule has 1 N–H and O–H groups in total. The highest BCUT2D eigenvalue weighted by atomic mass is 16.5. The number of hydrogen-bond donors (Lipinski definition) is 1. The van der Waals surface area contributed by atoms with E-state index in [4.69, 9.17) is 14.6 Å². The first-order valence-electron chi connectivity index (χ1n) is 4.80. The van der Waals surface area contributed by atoms with Crippen LogP contribution < -0.4 is 9.47 Å². The maximum absolute atomic E-state index is 9.01. The number of aliphatic hydroxyl groups excluding tert-OH is 1. The molecule has 0 heterocycles. The Morgan fingerprint density at radius 3 is 1.86 bits per heavy atom. The van der Waals surface area contributed by atoms with Crippen LogP contribution in [0.2, 0.25) is 0 Å². The van der Waals surface area contributed by atoms with E-state index in [9.17, 15) is 0 Å². The van der Waals surface area contributed by atoms with Crippen molar-refractivity contribution in [3.05, 3.63) is 23.8 Å². The van der Waals surface area contributed by atoms with Crippen LogP contribution in [0.5, 0.6) is 11.5 Å². The third kappa shape index (κ3) is 2.92. The van der Waals surface area contributed by atoms with Crippen molar-refractivity contribution in [1.29, 1.82) is 0 Å². The van der Waals surface area contributed by atoms with Crippen molar-refractivity contribution >= 4 is 0 Å². The Bertz CT molecular complexity index is 260. The SMILES string of the molecule is CCOc1cc(CO)cc(OCC)c1. The number of ether oxygens (including phenoxy) is 2. The van der Waals surface area contributed by atoms with Crippen molar-refractivity contribution in [2.75, 3.05) is 13.2 Å². The van der Waals surface area contributed by atoms with E-state index in [0.29, 0.717) is 13.2 Å². The Morgan fingerprint density at radius 2 is 1.50 bits per heavy atom. The van der Waals surface area contributed by atoms with Gasteiger partial charge in [0.05, 0.1) is 19.8 Å².